The largest absolute Gasteiger partial charge is 0.384 e. The summed E-state index contributed by atoms with van der Waals surface area (Å²) in [6.07, 6.45) is 8.00. The Balaban J connectivity index is 2.10. The first-order chi connectivity index (χ1) is 7.77. The van der Waals surface area contributed by atoms with Crippen LogP contribution in [0.5, 0.6) is 0 Å². The molecular formula is C11H16N4S. The van der Waals surface area contributed by atoms with Gasteiger partial charge >= 0.3 is 0 Å². The summed E-state index contributed by atoms with van der Waals surface area (Å²) in [4.78, 5) is 0. The molecule has 0 amide bonds. The molecule has 2 rings (SSSR count). The smallest absolute Gasteiger partial charge is 0.130 e. The van der Waals surface area contributed by atoms with Crippen LogP contribution in [0.25, 0.3) is 0 Å². The van der Waals surface area contributed by atoms with E-state index in [2.05, 4.69) is 10.2 Å². The molecule has 1 aliphatic carbocycles. The molecule has 4 nitrogen and oxygen atoms in total. The highest BCUT2D eigenvalue weighted by molar-refractivity contribution is 7.99. The lowest BCUT2D eigenvalue weighted by molar-refractivity contribution is 0.515. The fourth-order valence-electron chi connectivity index (χ4n) is 1.95. The molecule has 1 saturated carbocycles. The van der Waals surface area contributed by atoms with Gasteiger partial charge in [-0.3, -0.25) is 5.41 Å². The van der Waals surface area contributed by atoms with Gasteiger partial charge in [-0.25, -0.2) is 0 Å². The lowest BCUT2D eigenvalue weighted by Crippen LogP contribution is -2.15. The van der Waals surface area contributed by atoms with Gasteiger partial charge in [-0.2, -0.15) is 5.10 Å². The van der Waals surface area contributed by atoms with Gasteiger partial charge in [-0.1, -0.05) is 19.3 Å². The molecule has 0 unspecified atom stereocenters. The average molecular weight is 236 g/mol. The van der Waals surface area contributed by atoms with Crippen molar-refractivity contribution in [3.8, 4) is 0 Å². The second-order valence-corrected chi connectivity index (χ2v) is 5.33. The number of rotatable bonds is 3. The van der Waals surface area contributed by atoms with Crippen LogP contribution in [-0.4, -0.2) is 21.3 Å². The monoisotopic (exact) mass is 236 g/mol. The number of nitrogen functional groups attached to an aromatic ring is 1. The number of thioether (sulfide) groups is 1. The van der Waals surface area contributed by atoms with Crippen molar-refractivity contribution in [3.05, 3.63) is 17.8 Å². The maximum atomic E-state index is 7.49. The third kappa shape index (κ3) is 2.72. The maximum Gasteiger partial charge on any atom is 0.130 e. The Labute approximate surface area is 99.5 Å². The quantitative estimate of drug-likeness (QED) is 0.623. The molecule has 0 spiro atoms. The highest BCUT2D eigenvalue weighted by Gasteiger charge is 2.18. The lowest BCUT2D eigenvalue weighted by Gasteiger charge is -2.20. The van der Waals surface area contributed by atoms with Gasteiger partial charge in [0, 0.05) is 5.25 Å². The second kappa shape index (κ2) is 5.30. The van der Waals surface area contributed by atoms with E-state index in [4.69, 9.17) is 11.1 Å². The molecule has 86 valence electrons. The number of hydrogen-bond donors (Lipinski definition) is 2. The fourth-order valence-corrected chi connectivity index (χ4v) is 3.24. The molecule has 5 heteroatoms. The van der Waals surface area contributed by atoms with Crippen LogP contribution >= 0.6 is 11.8 Å². The Bertz CT molecular complexity index is 374. The predicted molar refractivity (Wildman–Crippen MR) is 65.8 cm³/mol. The summed E-state index contributed by atoms with van der Waals surface area (Å²) in [6.45, 7) is 0. The first kappa shape index (κ1) is 11.4. The predicted octanol–water partition coefficient (Wildman–Crippen LogP) is 2.19. The molecule has 1 aliphatic rings. The Hall–Kier alpha value is -1.10. The van der Waals surface area contributed by atoms with Gasteiger partial charge < -0.3 is 5.73 Å². The van der Waals surface area contributed by atoms with Crippen molar-refractivity contribution in [2.24, 2.45) is 5.73 Å². The summed E-state index contributed by atoms with van der Waals surface area (Å²) in [7, 11) is 0. The van der Waals surface area contributed by atoms with Crippen LogP contribution in [0.3, 0.4) is 0 Å². The molecule has 1 heterocycles. The van der Waals surface area contributed by atoms with Crippen LogP contribution < -0.4 is 5.73 Å². The van der Waals surface area contributed by atoms with Crippen molar-refractivity contribution in [1.29, 1.82) is 5.41 Å². The van der Waals surface area contributed by atoms with Gasteiger partial charge in [0.2, 0.25) is 0 Å². The lowest BCUT2D eigenvalue weighted by atomic mass is 10.0. The first-order valence-electron chi connectivity index (χ1n) is 5.60. The summed E-state index contributed by atoms with van der Waals surface area (Å²) in [6, 6.07) is 1.76. The van der Waals surface area contributed by atoms with Crippen molar-refractivity contribution in [1.82, 2.24) is 10.2 Å². The minimum absolute atomic E-state index is 0.0770. The van der Waals surface area contributed by atoms with Crippen LogP contribution in [0.1, 0.15) is 37.7 Å². The molecule has 1 fully saturated rings. The zero-order chi connectivity index (χ0) is 11.4. The van der Waals surface area contributed by atoms with Crippen LogP contribution in [0, 0.1) is 5.41 Å². The zero-order valence-electron chi connectivity index (χ0n) is 9.15. The maximum absolute atomic E-state index is 7.49. The van der Waals surface area contributed by atoms with Gasteiger partial charge in [-0.05, 0) is 18.9 Å². The molecule has 16 heavy (non-hydrogen) atoms. The van der Waals surface area contributed by atoms with Gasteiger partial charge in [0.15, 0.2) is 0 Å². The standard InChI is InChI=1S/C11H16N4S/c12-10(13)9-6-7-14-15-11(9)16-8-4-2-1-3-5-8/h6-8H,1-5H2,(H3,12,13). The summed E-state index contributed by atoms with van der Waals surface area (Å²) in [5.41, 5.74) is 6.24. The van der Waals surface area contributed by atoms with Crippen LogP contribution in [0.15, 0.2) is 17.3 Å². The number of nitrogens with one attached hydrogen (secondary N) is 1. The Morgan fingerprint density at radius 1 is 1.38 bits per heavy atom. The van der Waals surface area contributed by atoms with Gasteiger partial charge in [-0.15, -0.1) is 16.9 Å². The Morgan fingerprint density at radius 3 is 2.81 bits per heavy atom. The highest BCUT2D eigenvalue weighted by atomic mass is 32.2. The van der Waals surface area contributed by atoms with Crippen LogP contribution in [-0.2, 0) is 0 Å². The van der Waals surface area contributed by atoms with E-state index in [0.29, 0.717) is 10.8 Å². The summed E-state index contributed by atoms with van der Waals surface area (Å²) < 4.78 is 0. The van der Waals surface area contributed by atoms with Gasteiger partial charge in [0.25, 0.3) is 0 Å². The second-order valence-electron chi connectivity index (χ2n) is 4.04. The van der Waals surface area contributed by atoms with Gasteiger partial charge in [0.1, 0.15) is 10.9 Å². The van der Waals surface area contributed by atoms with E-state index in [-0.39, 0.29) is 5.84 Å². The minimum atomic E-state index is 0.0770. The van der Waals surface area contributed by atoms with E-state index >= 15 is 0 Å². The molecule has 1 aromatic heterocycles. The van der Waals surface area contributed by atoms with Crippen molar-refractivity contribution >= 4 is 17.6 Å². The van der Waals surface area contributed by atoms with Crippen molar-refractivity contribution in [2.75, 3.05) is 0 Å². The summed E-state index contributed by atoms with van der Waals surface area (Å²) >= 11 is 1.73. The van der Waals surface area contributed by atoms with Crippen molar-refractivity contribution in [2.45, 2.75) is 42.4 Å². The number of aromatic nitrogens is 2. The number of nitrogens with two attached hydrogens (primary N) is 1. The van der Waals surface area contributed by atoms with E-state index in [0.717, 1.165) is 5.03 Å². The molecule has 1 aromatic rings. The van der Waals surface area contributed by atoms with Crippen molar-refractivity contribution < 1.29 is 0 Å². The number of nitrogens with zero attached hydrogens (tertiary/aromatic N) is 2. The Morgan fingerprint density at radius 2 is 2.12 bits per heavy atom. The van der Waals surface area contributed by atoms with E-state index in [1.807, 2.05) is 0 Å². The van der Waals surface area contributed by atoms with E-state index in [9.17, 15) is 0 Å². The minimum Gasteiger partial charge on any atom is -0.384 e. The number of hydrogen-bond acceptors (Lipinski definition) is 4. The van der Waals surface area contributed by atoms with E-state index < -0.39 is 0 Å². The molecule has 3 N–H and O–H groups in total. The molecule has 0 aromatic carbocycles. The van der Waals surface area contributed by atoms with E-state index in [1.165, 1.54) is 32.1 Å². The molecule has 0 saturated heterocycles. The summed E-state index contributed by atoms with van der Waals surface area (Å²) in [5, 5.41) is 16.9. The molecule has 0 aliphatic heterocycles. The van der Waals surface area contributed by atoms with Gasteiger partial charge in [0.05, 0.1) is 11.8 Å². The fraction of sp³-hybridized carbons (Fsp3) is 0.545. The van der Waals surface area contributed by atoms with E-state index in [1.54, 1.807) is 24.0 Å². The normalized spacial score (nSPS) is 17.2. The molecule has 0 atom stereocenters. The molecule has 0 bridgehead atoms. The SMILES string of the molecule is N=C(N)c1ccnnc1SC1CCCCC1. The molecule has 0 radical (unpaired) electrons. The van der Waals surface area contributed by atoms with Crippen LogP contribution in [0.2, 0.25) is 0 Å². The highest BCUT2D eigenvalue weighted by Crippen LogP contribution is 2.33. The van der Waals surface area contributed by atoms with Crippen LogP contribution in [0.4, 0.5) is 0 Å². The first-order valence-corrected chi connectivity index (χ1v) is 6.48. The summed E-state index contributed by atoms with van der Waals surface area (Å²) in [5.74, 6) is 0.0770. The average Bonchev–Trinajstić information content (AvgIpc) is 2.31. The molecular weight excluding hydrogens is 220 g/mol. The topological polar surface area (TPSA) is 75.7 Å². The van der Waals surface area contributed by atoms with Crippen molar-refractivity contribution in [3.63, 3.8) is 0 Å². The Kier molecular flexibility index (Phi) is 3.77. The zero-order valence-corrected chi connectivity index (χ0v) is 9.96. The number of amidine groups is 1. The third-order valence-corrected chi connectivity index (χ3v) is 4.14. The third-order valence-electron chi connectivity index (χ3n) is 2.81.